The molecule has 1 N–H and O–H groups in total. The molecule has 1 aliphatic heterocycles. The Balaban J connectivity index is 2.29. The van der Waals surface area contributed by atoms with E-state index in [0.29, 0.717) is 5.75 Å². The van der Waals surface area contributed by atoms with Gasteiger partial charge in [0.15, 0.2) is 5.60 Å². The highest BCUT2D eigenvalue weighted by molar-refractivity contribution is 9.10. The van der Waals surface area contributed by atoms with Crippen LogP contribution in [0.5, 0.6) is 5.75 Å². The standard InChI is InChI=1S/C18H20BrNO4/c1-17(11-23-3)18(2,22)16(20-9-5-4-6-15(20)21)13-10-12(19)7-8-14(13)24-17/h4-10,16,22H,11H2,1-3H3. The number of methoxy groups -OCH3 is 1. The number of aromatic nitrogens is 1. The summed E-state index contributed by atoms with van der Waals surface area (Å²) >= 11 is 3.46. The number of nitrogens with zero attached hydrogens (tertiary/aromatic N) is 1. The van der Waals surface area contributed by atoms with Crippen molar-refractivity contribution in [1.29, 1.82) is 0 Å². The molecule has 0 radical (unpaired) electrons. The van der Waals surface area contributed by atoms with Crippen LogP contribution in [0.3, 0.4) is 0 Å². The van der Waals surface area contributed by atoms with E-state index < -0.39 is 17.2 Å². The average Bonchev–Trinajstić information content (AvgIpc) is 2.51. The van der Waals surface area contributed by atoms with Crippen molar-refractivity contribution in [3.63, 3.8) is 0 Å². The first-order valence-electron chi connectivity index (χ1n) is 7.67. The number of ether oxygens (including phenoxy) is 2. The number of hydrogen-bond donors (Lipinski definition) is 1. The van der Waals surface area contributed by atoms with Crippen LogP contribution in [0.2, 0.25) is 0 Å². The lowest BCUT2D eigenvalue weighted by Gasteiger charge is -2.51. The molecule has 2 aromatic rings. The molecule has 0 amide bonds. The lowest BCUT2D eigenvalue weighted by molar-refractivity contribution is -0.171. The highest BCUT2D eigenvalue weighted by Crippen LogP contribution is 2.48. The maximum absolute atomic E-state index is 12.4. The van der Waals surface area contributed by atoms with Crippen LogP contribution in [-0.4, -0.2) is 34.6 Å². The smallest absolute Gasteiger partial charge is 0.251 e. The predicted molar refractivity (Wildman–Crippen MR) is 94.5 cm³/mol. The predicted octanol–water partition coefficient (Wildman–Crippen LogP) is 2.75. The largest absolute Gasteiger partial charge is 0.482 e. The summed E-state index contributed by atoms with van der Waals surface area (Å²) in [6.45, 7) is 3.66. The second-order valence-corrected chi connectivity index (χ2v) is 7.36. The molecule has 2 heterocycles. The molecular weight excluding hydrogens is 374 g/mol. The molecule has 0 fully saturated rings. The monoisotopic (exact) mass is 393 g/mol. The quantitative estimate of drug-likeness (QED) is 0.870. The fourth-order valence-electron chi connectivity index (χ4n) is 3.29. The average molecular weight is 394 g/mol. The number of pyridine rings is 1. The Bertz CT molecular complexity index is 817. The van der Waals surface area contributed by atoms with Crippen molar-refractivity contribution >= 4 is 15.9 Å². The Morgan fingerprint density at radius 3 is 2.75 bits per heavy atom. The summed E-state index contributed by atoms with van der Waals surface area (Å²) in [4.78, 5) is 12.4. The fourth-order valence-corrected chi connectivity index (χ4v) is 3.67. The highest BCUT2D eigenvalue weighted by atomic mass is 79.9. The lowest BCUT2D eigenvalue weighted by atomic mass is 9.74. The van der Waals surface area contributed by atoms with E-state index in [-0.39, 0.29) is 12.2 Å². The topological polar surface area (TPSA) is 60.7 Å². The van der Waals surface area contributed by atoms with E-state index in [1.807, 2.05) is 18.2 Å². The third kappa shape index (κ3) is 2.59. The van der Waals surface area contributed by atoms with Gasteiger partial charge in [-0.25, -0.2) is 0 Å². The van der Waals surface area contributed by atoms with Gasteiger partial charge in [0.2, 0.25) is 0 Å². The van der Waals surface area contributed by atoms with Gasteiger partial charge in [-0.15, -0.1) is 0 Å². The van der Waals surface area contributed by atoms with Gasteiger partial charge >= 0.3 is 0 Å². The van der Waals surface area contributed by atoms with Crippen molar-refractivity contribution in [2.45, 2.75) is 31.1 Å². The van der Waals surface area contributed by atoms with E-state index in [9.17, 15) is 9.90 Å². The second-order valence-electron chi connectivity index (χ2n) is 6.44. The summed E-state index contributed by atoms with van der Waals surface area (Å²) in [6, 6.07) is 9.92. The minimum Gasteiger partial charge on any atom is -0.482 e. The van der Waals surface area contributed by atoms with Crippen molar-refractivity contribution < 1.29 is 14.6 Å². The van der Waals surface area contributed by atoms with Gasteiger partial charge in [-0.2, -0.15) is 0 Å². The molecular formula is C18H20BrNO4. The van der Waals surface area contributed by atoms with Gasteiger partial charge in [-0.1, -0.05) is 22.0 Å². The SMILES string of the molecule is COCC1(C)Oc2ccc(Br)cc2C(n2ccccc2=O)C1(C)O. The lowest BCUT2D eigenvalue weighted by Crippen LogP contribution is -2.64. The van der Waals surface area contributed by atoms with Crippen LogP contribution in [0, 0.1) is 0 Å². The summed E-state index contributed by atoms with van der Waals surface area (Å²) in [5.41, 5.74) is -1.82. The van der Waals surface area contributed by atoms with E-state index in [1.54, 1.807) is 43.9 Å². The van der Waals surface area contributed by atoms with Crippen molar-refractivity contribution in [2.75, 3.05) is 13.7 Å². The molecule has 1 aromatic carbocycles. The van der Waals surface area contributed by atoms with Crippen LogP contribution in [0.25, 0.3) is 0 Å². The number of benzene rings is 1. The summed E-state index contributed by atoms with van der Waals surface area (Å²) < 4.78 is 13.8. The third-order valence-electron chi connectivity index (χ3n) is 4.75. The summed E-state index contributed by atoms with van der Waals surface area (Å²) in [5.74, 6) is 0.630. The molecule has 0 spiro atoms. The molecule has 24 heavy (non-hydrogen) atoms. The molecule has 3 rings (SSSR count). The van der Waals surface area contributed by atoms with Gasteiger partial charge in [-0.3, -0.25) is 4.79 Å². The molecule has 3 unspecified atom stereocenters. The Hall–Kier alpha value is -1.63. The van der Waals surface area contributed by atoms with E-state index in [2.05, 4.69) is 15.9 Å². The zero-order valence-electron chi connectivity index (χ0n) is 13.8. The molecule has 128 valence electrons. The number of fused-ring (bicyclic) bond motifs is 1. The first-order valence-corrected chi connectivity index (χ1v) is 8.46. The Kier molecular flexibility index (Phi) is 4.32. The molecule has 6 heteroatoms. The van der Waals surface area contributed by atoms with Crippen LogP contribution >= 0.6 is 15.9 Å². The number of aliphatic hydroxyl groups is 1. The van der Waals surface area contributed by atoms with Gasteiger partial charge in [0.1, 0.15) is 11.4 Å². The van der Waals surface area contributed by atoms with Crippen molar-refractivity contribution in [2.24, 2.45) is 0 Å². The maximum Gasteiger partial charge on any atom is 0.251 e. The van der Waals surface area contributed by atoms with Crippen LogP contribution < -0.4 is 10.3 Å². The highest BCUT2D eigenvalue weighted by Gasteiger charge is 2.56. The zero-order chi connectivity index (χ0) is 17.5. The van der Waals surface area contributed by atoms with E-state index in [1.165, 1.54) is 6.07 Å². The minimum absolute atomic E-state index is 0.185. The van der Waals surface area contributed by atoms with Crippen molar-refractivity contribution in [3.8, 4) is 5.75 Å². The molecule has 1 aliphatic rings. The first kappa shape index (κ1) is 17.2. The molecule has 0 saturated carbocycles. The van der Waals surface area contributed by atoms with Crippen LogP contribution in [-0.2, 0) is 4.74 Å². The number of halogens is 1. The fraction of sp³-hybridized carbons (Fsp3) is 0.389. The molecule has 1 aromatic heterocycles. The normalized spacial score (nSPS) is 29.0. The Morgan fingerprint density at radius 2 is 2.08 bits per heavy atom. The number of hydrogen-bond acceptors (Lipinski definition) is 4. The van der Waals surface area contributed by atoms with Gasteiger partial charge in [-0.05, 0) is 38.1 Å². The second kappa shape index (κ2) is 6.02. The van der Waals surface area contributed by atoms with E-state index >= 15 is 0 Å². The maximum atomic E-state index is 12.4. The molecule has 0 saturated heterocycles. The molecule has 0 bridgehead atoms. The van der Waals surface area contributed by atoms with Gasteiger partial charge in [0, 0.05) is 29.4 Å². The number of rotatable bonds is 3. The minimum atomic E-state index is -1.37. The summed E-state index contributed by atoms with van der Waals surface area (Å²) in [7, 11) is 1.56. The molecule has 0 aliphatic carbocycles. The zero-order valence-corrected chi connectivity index (χ0v) is 15.4. The third-order valence-corrected chi connectivity index (χ3v) is 5.25. The summed E-state index contributed by atoms with van der Waals surface area (Å²) in [6.07, 6.45) is 1.69. The van der Waals surface area contributed by atoms with Crippen molar-refractivity contribution in [3.05, 3.63) is 63.0 Å². The first-order chi connectivity index (χ1) is 11.3. The van der Waals surface area contributed by atoms with Gasteiger partial charge in [0.05, 0.1) is 12.6 Å². The van der Waals surface area contributed by atoms with Crippen LogP contribution in [0.1, 0.15) is 25.5 Å². The Labute approximate surface area is 149 Å². The molecule has 3 atom stereocenters. The van der Waals surface area contributed by atoms with E-state index in [4.69, 9.17) is 9.47 Å². The summed E-state index contributed by atoms with van der Waals surface area (Å²) in [5, 5.41) is 11.4. The Morgan fingerprint density at radius 1 is 1.33 bits per heavy atom. The van der Waals surface area contributed by atoms with Gasteiger partial charge in [0.25, 0.3) is 5.56 Å². The van der Waals surface area contributed by atoms with Crippen LogP contribution in [0.15, 0.2) is 51.9 Å². The van der Waals surface area contributed by atoms with E-state index in [0.717, 1.165) is 10.0 Å². The van der Waals surface area contributed by atoms with Crippen LogP contribution in [0.4, 0.5) is 0 Å². The van der Waals surface area contributed by atoms with Gasteiger partial charge < -0.3 is 19.1 Å². The molecule has 5 nitrogen and oxygen atoms in total. The van der Waals surface area contributed by atoms with Crippen molar-refractivity contribution in [1.82, 2.24) is 4.57 Å².